The molecule has 1 aromatic rings. The summed E-state index contributed by atoms with van der Waals surface area (Å²) in [5.74, 6) is 0.371. The van der Waals surface area contributed by atoms with E-state index in [4.69, 9.17) is 14.2 Å². The number of aliphatic imine (C=N–C) groups is 1. The van der Waals surface area contributed by atoms with Gasteiger partial charge in [0.1, 0.15) is 12.2 Å². The van der Waals surface area contributed by atoms with Gasteiger partial charge in [-0.05, 0) is 39.7 Å². The molecule has 1 amide bonds. The van der Waals surface area contributed by atoms with Crippen LogP contribution in [0.25, 0.3) is 0 Å². The second-order valence-corrected chi connectivity index (χ2v) is 7.15. The molecule has 28 heavy (non-hydrogen) atoms. The van der Waals surface area contributed by atoms with E-state index in [2.05, 4.69) is 20.0 Å². The van der Waals surface area contributed by atoms with Crippen LogP contribution in [0.5, 0.6) is 5.88 Å². The number of methoxy groups -OCH3 is 1. The molecule has 2 heterocycles. The summed E-state index contributed by atoms with van der Waals surface area (Å²) in [5.41, 5.74) is 0.177. The van der Waals surface area contributed by atoms with Gasteiger partial charge in [0.2, 0.25) is 11.8 Å². The lowest BCUT2D eigenvalue weighted by molar-refractivity contribution is -0.142. The average molecular weight is 393 g/mol. The zero-order valence-corrected chi connectivity index (χ0v) is 16.7. The summed E-state index contributed by atoms with van der Waals surface area (Å²) in [7, 11) is 1.32. The Hall–Kier alpha value is -2.84. The Balaban J connectivity index is 1.72. The lowest BCUT2D eigenvalue weighted by Gasteiger charge is -2.19. The number of aromatic nitrogens is 1. The Bertz CT molecular complexity index is 714. The minimum absolute atomic E-state index is 0.158. The first-order chi connectivity index (χ1) is 13.3. The molecule has 0 fully saturated rings. The van der Waals surface area contributed by atoms with E-state index < -0.39 is 23.7 Å². The molecule has 9 heteroatoms. The van der Waals surface area contributed by atoms with Gasteiger partial charge in [-0.1, -0.05) is 0 Å². The highest BCUT2D eigenvalue weighted by Crippen LogP contribution is 2.16. The Kier molecular flexibility index (Phi) is 7.60. The quantitative estimate of drug-likeness (QED) is 0.532. The maximum atomic E-state index is 11.5. The van der Waals surface area contributed by atoms with Crippen LogP contribution < -0.4 is 10.1 Å². The van der Waals surface area contributed by atoms with Crippen LogP contribution in [0.3, 0.4) is 0 Å². The SMILES string of the molecule is COC(=O)C1COC(c2ccnc(OCCCCNC(=O)OC(C)(C)C)c2)=N1. The van der Waals surface area contributed by atoms with Gasteiger partial charge in [-0.25, -0.2) is 19.6 Å². The predicted molar refractivity (Wildman–Crippen MR) is 101 cm³/mol. The molecule has 1 aliphatic rings. The molecular formula is C19H27N3O6. The molecule has 1 unspecified atom stereocenters. The van der Waals surface area contributed by atoms with E-state index in [-0.39, 0.29) is 6.61 Å². The number of ether oxygens (including phenoxy) is 4. The highest BCUT2D eigenvalue weighted by atomic mass is 16.6. The van der Waals surface area contributed by atoms with Crippen LogP contribution in [0, 0.1) is 0 Å². The standard InChI is InChI=1S/C19H27N3O6/c1-19(2,3)28-18(24)21-8-5-6-10-26-15-11-13(7-9-20-15)16-22-14(12-27-16)17(23)25-4/h7,9,11,14H,5-6,8,10,12H2,1-4H3,(H,21,24). The van der Waals surface area contributed by atoms with Gasteiger partial charge in [-0.2, -0.15) is 0 Å². The molecular weight excluding hydrogens is 366 g/mol. The number of esters is 1. The number of alkyl carbamates (subject to hydrolysis) is 1. The second kappa shape index (κ2) is 9.91. The minimum Gasteiger partial charge on any atom is -0.478 e. The summed E-state index contributed by atoms with van der Waals surface area (Å²) in [4.78, 5) is 31.4. The average Bonchev–Trinajstić information content (AvgIpc) is 3.13. The first-order valence-corrected chi connectivity index (χ1v) is 9.13. The van der Waals surface area contributed by atoms with E-state index in [9.17, 15) is 9.59 Å². The van der Waals surface area contributed by atoms with Crippen LogP contribution in [-0.4, -0.2) is 61.5 Å². The minimum atomic E-state index is -0.644. The second-order valence-electron chi connectivity index (χ2n) is 7.15. The normalized spacial score (nSPS) is 16.0. The number of carbonyl (C=O) groups is 2. The van der Waals surface area contributed by atoms with Crippen LogP contribution >= 0.6 is 0 Å². The number of hydrogen-bond donors (Lipinski definition) is 1. The van der Waals surface area contributed by atoms with Crippen molar-refractivity contribution in [2.75, 3.05) is 26.9 Å². The molecule has 0 aromatic carbocycles. The molecule has 0 radical (unpaired) electrons. The number of pyridine rings is 1. The molecule has 0 saturated heterocycles. The van der Waals surface area contributed by atoms with E-state index in [1.807, 2.05) is 20.8 Å². The van der Waals surface area contributed by atoms with Gasteiger partial charge in [-0.15, -0.1) is 0 Å². The fourth-order valence-corrected chi connectivity index (χ4v) is 2.32. The fourth-order valence-electron chi connectivity index (χ4n) is 2.32. The lowest BCUT2D eigenvalue weighted by atomic mass is 10.2. The first-order valence-electron chi connectivity index (χ1n) is 9.13. The highest BCUT2D eigenvalue weighted by Gasteiger charge is 2.27. The first kappa shape index (κ1) is 21.5. The molecule has 0 saturated carbocycles. The molecule has 0 spiro atoms. The number of hydrogen-bond acceptors (Lipinski definition) is 8. The largest absolute Gasteiger partial charge is 0.478 e. The van der Waals surface area contributed by atoms with Gasteiger partial charge in [0, 0.05) is 24.4 Å². The molecule has 9 nitrogen and oxygen atoms in total. The van der Waals surface area contributed by atoms with Crippen LogP contribution in [0.15, 0.2) is 23.3 Å². The van der Waals surface area contributed by atoms with Crippen molar-refractivity contribution in [2.45, 2.75) is 45.3 Å². The third kappa shape index (κ3) is 7.05. The van der Waals surface area contributed by atoms with Crippen molar-refractivity contribution >= 4 is 18.0 Å². The van der Waals surface area contributed by atoms with Gasteiger partial charge in [0.05, 0.1) is 13.7 Å². The molecule has 1 aromatic heterocycles. The zero-order chi connectivity index (χ0) is 20.6. The summed E-state index contributed by atoms with van der Waals surface area (Å²) in [5, 5.41) is 2.70. The molecule has 2 rings (SSSR count). The summed E-state index contributed by atoms with van der Waals surface area (Å²) in [6.07, 6.45) is 2.65. The topological polar surface area (TPSA) is 108 Å². The Morgan fingerprint density at radius 2 is 2.11 bits per heavy atom. The van der Waals surface area contributed by atoms with Gasteiger partial charge in [0.25, 0.3) is 0 Å². The van der Waals surface area contributed by atoms with Crippen molar-refractivity contribution in [1.82, 2.24) is 10.3 Å². The molecule has 154 valence electrons. The predicted octanol–water partition coefficient (Wildman–Crippen LogP) is 2.08. The lowest BCUT2D eigenvalue weighted by Crippen LogP contribution is -2.33. The van der Waals surface area contributed by atoms with E-state index in [1.54, 1.807) is 18.3 Å². The van der Waals surface area contributed by atoms with Crippen LogP contribution in [0.1, 0.15) is 39.2 Å². The Morgan fingerprint density at radius 3 is 2.82 bits per heavy atom. The van der Waals surface area contributed by atoms with Crippen molar-refractivity contribution in [1.29, 1.82) is 0 Å². The van der Waals surface area contributed by atoms with Crippen LogP contribution in [0.2, 0.25) is 0 Å². The van der Waals surface area contributed by atoms with E-state index in [0.717, 1.165) is 12.8 Å². The van der Waals surface area contributed by atoms with Gasteiger partial charge in [-0.3, -0.25) is 0 Å². The van der Waals surface area contributed by atoms with Crippen molar-refractivity contribution in [2.24, 2.45) is 4.99 Å². The number of unbranched alkanes of at least 4 members (excludes halogenated alkanes) is 1. The maximum absolute atomic E-state index is 11.5. The number of nitrogens with one attached hydrogen (secondary N) is 1. The van der Waals surface area contributed by atoms with Crippen molar-refractivity contribution < 1.29 is 28.5 Å². The third-order valence-corrected chi connectivity index (χ3v) is 3.60. The highest BCUT2D eigenvalue weighted by molar-refractivity contribution is 5.97. The van der Waals surface area contributed by atoms with Gasteiger partial charge < -0.3 is 24.3 Å². The van der Waals surface area contributed by atoms with Gasteiger partial charge in [0.15, 0.2) is 6.04 Å². The van der Waals surface area contributed by atoms with Crippen molar-refractivity contribution in [3.63, 3.8) is 0 Å². The van der Waals surface area contributed by atoms with Gasteiger partial charge >= 0.3 is 12.1 Å². The Labute approximate surface area is 164 Å². The molecule has 1 N–H and O–H groups in total. The fraction of sp³-hybridized carbons (Fsp3) is 0.579. The van der Waals surface area contributed by atoms with Crippen LogP contribution in [0.4, 0.5) is 4.79 Å². The van der Waals surface area contributed by atoms with Crippen molar-refractivity contribution in [3.8, 4) is 5.88 Å². The summed E-state index contributed by atoms with van der Waals surface area (Å²) < 4.78 is 20.9. The molecule has 1 atom stereocenters. The number of amides is 1. The zero-order valence-electron chi connectivity index (χ0n) is 16.7. The number of nitrogens with zero attached hydrogens (tertiary/aromatic N) is 2. The molecule has 0 bridgehead atoms. The third-order valence-electron chi connectivity index (χ3n) is 3.60. The maximum Gasteiger partial charge on any atom is 0.407 e. The van der Waals surface area contributed by atoms with E-state index >= 15 is 0 Å². The molecule has 0 aliphatic carbocycles. The van der Waals surface area contributed by atoms with Crippen molar-refractivity contribution in [3.05, 3.63) is 23.9 Å². The summed E-state index contributed by atoms with van der Waals surface area (Å²) in [6.45, 7) is 6.57. The smallest absolute Gasteiger partial charge is 0.407 e. The summed E-state index contributed by atoms with van der Waals surface area (Å²) >= 11 is 0. The number of rotatable bonds is 8. The van der Waals surface area contributed by atoms with E-state index in [0.29, 0.717) is 30.5 Å². The Morgan fingerprint density at radius 1 is 1.32 bits per heavy atom. The molecule has 1 aliphatic heterocycles. The number of carbonyl (C=O) groups excluding carboxylic acids is 2. The van der Waals surface area contributed by atoms with E-state index in [1.165, 1.54) is 7.11 Å². The van der Waals surface area contributed by atoms with Crippen LogP contribution in [-0.2, 0) is 19.0 Å². The summed E-state index contributed by atoms with van der Waals surface area (Å²) in [6, 6.07) is 2.79. The monoisotopic (exact) mass is 393 g/mol.